The Labute approximate surface area is 250 Å². The molecular weight excluding hydrogens is 570 g/mol. The normalized spacial score (nSPS) is 17.0. The molecule has 1 fully saturated rings. The van der Waals surface area contributed by atoms with Crippen molar-refractivity contribution < 1.29 is 18.4 Å². The smallest absolute Gasteiger partial charge is 0.342 e. The van der Waals surface area contributed by atoms with E-state index in [-0.39, 0.29) is 59.3 Å². The standard InChI is InChI=1S/C32H28F2N6O4/c1-5-24(42)38-12-13-39-22(15-38)23(41)7-6-18-26-21(14-19(27(18)34)25-20(33)9-11-36-31(25)43)40(32(44)37-30(26)39)29-17(4)8-10-35-28(29)16(2)3/h5-11,14,16,22H,1,12-13,15H2,2-4H3,(H,36,43)/b7-6-. The lowest BCUT2D eigenvalue weighted by atomic mass is 9.94. The lowest BCUT2D eigenvalue weighted by molar-refractivity contribution is -0.127. The summed E-state index contributed by atoms with van der Waals surface area (Å²) in [5.41, 5.74) is -0.849. The summed E-state index contributed by atoms with van der Waals surface area (Å²) in [4.78, 5) is 67.2. The van der Waals surface area contributed by atoms with Gasteiger partial charge in [-0.05, 0) is 54.8 Å². The molecule has 10 nitrogen and oxygen atoms in total. The second-order valence-electron chi connectivity index (χ2n) is 11.1. The van der Waals surface area contributed by atoms with E-state index in [9.17, 15) is 19.2 Å². The fourth-order valence-corrected chi connectivity index (χ4v) is 6.01. The maximum atomic E-state index is 16.6. The van der Waals surface area contributed by atoms with E-state index in [1.807, 2.05) is 13.8 Å². The molecule has 6 rings (SSSR count). The Kier molecular flexibility index (Phi) is 7.07. The van der Waals surface area contributed by atoms with Crippen LogP contribution < -0.4 is 16.1 Å². The Morgan fingerprint density at radius 2 is 1.93 bits per heavy atom. The van der Waals surface area contributed by atoms with E-state index < -0.39 is 40.3 Å². The lowest BCUT2D eigenvalue weighted by Gasteiger charge is -2.41. The van der Waals surface area contributed by atoms with Crippen molar-refractivity contribution in [3.05, 3.63) is 98.6 Å². The van der Waals surface area contributed by atoms with Crippen LogP contribution in [-0.2, 0) is 9.59 Å². The first-order valence-corrected chi connectivity index (χ1v) is 14.1. The van der Waals surface area contributed by atoms with Crippen molar-refractivity contribution in [1.82, 2.24) is 24.4 Å². The summed E-state index contributed by atoms with van der Waals surface area (Å²) < 4.78 is 33.0. The fraction of sp³-hybridized carbons (Fsp3) is 0.250. The predicted molar refractivity (Wildman–Crippen MR) is 162 cm³/mol. The number of hydrogen-bond acceptors (Lipinski definition) is 7. The summed E-state index contributed by atoms with van der Waals surface area (Å²) in [5.74, 6) is -2.80. The molecular formula is C32H28F2N6O4. The summed E-state index contributed by atoms with van der Waals surface area (Å²) in [7, 11) is 0. The number of halogens is 2. The number of carbonyl (C=O) groups excluding carboxylic acids is 2. The Balaban J connectivity index is 1.77. The Hall–Kier alpha value is -5.26. The van der Waals surface area contributed by atoms with Gasteiger partial charge in [0, 0.05) is 43.2 Å². The zero-order valence-electron chi connectivity index (χ0n) is 24.2. The fourth-order valence-electron chi connectivity index (χ4n) is 6.01. The van der Waals surface area contributed by atoms with Crippen LogP contribution in [0.25, 0.3) is 33.8 Å². The van der Waals surface area contributed by atoms with E-state index >= 15 is 8.78 Å². The molecule has 0 spiro atoms. The Morgan fingerprint density at radius 1 is 1.16 bits per heavy atom. The second kappa shape index (κ2) is 10.8. The first kappa shape index (κ1) is 28.8. The monoisotopic (exact) mass is 598 g/mol. The topological polar surface area (TPSA) is 121 Å². The van der Waals surface area contributed by atoms with Gasteiger partial charge in [-0.3, -0.25) is 23.9 Å². The summed E-state index contributed by atoms with van der Waals surface area (Å²) >= 11 is 0. The molecule has 1 saturated heterocycles. The molecule has 0 radical (unpaired) electrons. The minimum atomic E-state index is -0.962. The number of hydrogen-bond donors (Lipinski definition) is 1. The van der Waals surface area contributed by atoms with Crippen LogP contribution in [0.4, 0.5) is 14.6 Å². The number of piperazine rings is 1. The van der Waals surface area contributed by atoms with Gasteiger partial charge in [0.05, 0.1) is 27.8 Å². The maximum Gasteiger partial charge on any atom is 0.354 e. The molecule has 1 N–H and O–H groups in total. The van der Waals surface area contributed by atoms with Crippen molar-refractivity contribution in [1.29, 1.82) is 0 Å². The summed E-state index contributed by atoms with van der Waals surface area (Å²) in [6, 6.07) is 3.10. The molecule has 224 valence electrons. The zero-order valence-corrected chi connectivity index (χ0v) is 24.2. The third kappa shape index (κ3) is 4.45. The average Bonchev–Trinajstić information content (AvgIpc) is 2.99. The van der Waals surface area contributed by atoms with Gasteiger partial charge in [0.25, 0.3) is 5.56 Å². The number of ketones is 1. The number of benzene rings is 1. The molecule has 2 aliphatic rings. The Bertz CT molecular complexity index is 2050. The molecule has 4 aromatic rings. The molecule has 3 aromatic heterocycles. The molecule has 1 aromatic carbocycles. The number of fused-ring (bicyclic) bond motifs is 2. The molecule has 2 aliphatic heterocycles. The average molecular weight is 599 g/mol. The number of rotatable bonds is 4. The zero-order chi connectivity index (χ0) is 31.4. The number of carbonyl (C=O) groups is 2. The lowest BCUT2D eigenvalue weighted by Crippen LogP contribution is -2.58. The summed E-state index contributed by atoms with van der Waals surface area (Å²) in [6.45, 7) is 9.47. The summed E-state index contributed by atoms with van der Waals surface area (Å²) in [6.07, 6.45) is 6.35. The highest BCUT2D eigenvalue weighted by Crippen LogP contribution is 2.39. The first-order chi connectivity index (χ1) is 21.0. The van der Waals surface area contributed by atoms with Crippen LogP contribution in [0.1, 0.15) is 36.6 Å². The van der Waals surface area contributed by atoms with E-state index in [4.69, 9.17) is 0 Å². The van der Waals surface area contributed by atoms with Crippen LogP contribution in [0.15, 0.2) is 58.9 Å². The molecule has 1 amide bonds. The van der Waals surface area contributed by atoms with Gasteiger partial charge in [-0.2, -0.15) is 4.98 Å². The van der Waals surface area contributed by atoms with Crippen LogP contribution >= 0.6 is 0 Å². The van der Waals surface area contributed by atoms with Gasteiger partial charge in [-0.15, -0.1) is 0 Å². The van der Waals surface area contributed by atoms with Crippen LogP contribution in [0.5, 0.6) is 0 Å². The highest BCUT2D eigenvalue weighted by Gasteiger charge is 2.37. The SMILES string of the molecule is C=CC(=O)N1CCN2c3nc(=O)n(-c4c(C)ccnc4C(C)C)c4cc(-c5c(F)cc[nH]c5=O)c(F)c(c34)/C=C\C(=O)C2C1. The minimum Gasteiger partial charge on any atom is -0.342 e. The molecule has 0 aliphatic carbocycles. The molecule has 5 heterocycles. The highest BCUT2D eigenvalue weighted by molar-refractivity contribution is 6.08. The third-order valence-corrected chi connectivity index (χ3v) is 8.12. The van der Waals surface area contributed by atoms with Gasteiger partial charge < -0.3 is 14.8 Å². The number of aromatic nitrogens is 4. The number of amides is 1. The van der Waals surface area contributed by atoms with E-state index in [0.29, 0.717) is 16.9 Å². The number of aromatic amines is 1. The quantitative estimate of drug-likeness (QED) is 0.356. The van der Waals surface area contributed by atoms with Gasteiger partial charge in [-0.25, -0.2) is 13.6 Å². The molecule has 1 unspecified atom stereocenters. The van der Waals surface area contributed by atoms with E-state index in [0.717, 1.165) is 18.3 Å². The van der Waals surface area contributed by atoms with Gasteiger partial charge in [0.1, 0.15) is 23.5 Å². The van der Waals surface area contributed by atoms with Crippen molar-refractivity contribution in [2.45, 2.75) is 32.7 Å². The van der Waals surface area contributed by atoms with E-state index in [1.54, 1.807) is 24.1 Å². The molecule has 1 atom stereocenters. The van der Waals surface area contributed by atoms with Crippen LogP contribution in [-0.4, -0.2) is 61.8 Å². The third-order valence-electron chi connectivity index (χ3n) is 8.12. The minimum absolute atomic E-state index is 0.00000207. The number of nitrogens with zero attached hydrogens (tertiary/aromatic N) is 5. The van der Waals surface area contributed by atoms with Crippen LogP contribution in [0.2, 0.25) is 0 Å². The van der Waals surface area contributed by atoms with Crippen molar-refractivity contribution in [3.63, 3.8) is 0 Å². The van der Waals surface area contributed by atoms with Crippen LogP contribution in [0, 0.1) is 18.6 Å². The number of pyridine rings is 2. The second-order valence-corrected chi connectivity index (χ2v) is 11.1. The molecule has 44 heavy (non-hydrogen) atoms. The van der Waals surface area contributed by atoms with E-state index in [1.165, 1.54) is 27.7 Å². The van der Waals surface area contributed by atoms with Crippen molar-refractivity contribution >= 4 is 34.5 Å². The maximum absolute atomic E-state index is 16.6. The highest BCUT2D eigenvalue weighted by atomic mass is 19.1. The largest absolute Gasteiger partial charge is 0.354 e. The summed E-state index contributed by atoms with van der Waals surface area (Å²) in [5, 5.41) is 0.189. The van der Waals surface area contributed by atoms with Crippen molar-refractivity contribution in [3.8, 4) is 16.8 Å². The molecule has 12 heteroatoms. The Morgan fingerprint density at radius 3 is 2.64 bits per heavy atom. The van der Waals surface area contributed by atoms with Gasteiger partial charge in [0.15, 0.2) is 5.78 Å². The van der Waals surface area contributed by atoms with Gasteiger partial charge in [0.2, 0.25) is 5.91 Å². The number of nitrogens with one attached hydrogen (secondary N) is 1. The number of aryl methyl sites for hydroxylation is 1. The molecule has 0 saturated carbocycles. The number of anilines is 1. The van der Waals surface area contributed by atoms with Crippen LogP contribution in [0.3, 0.4) is 0 Å². The van der Waals surface area contributed by atoms with Crippen molar-refractivity contribution in [2.75, 3.05) is 24.5 Å². The van der Waals surface area contributed by atoms with Gasteiger partial charge in [-0.1, -0.05) is 20.4 Å². The number of H-pyrrole nitrogens is 1. The first-order valence-electron chi connectivity index (χ1n) is 14.1. The predicted octanol–water partition coefficient (Wildman–Crippen LogP) is 3.65. The van der Waals surface area contributed by atoms with Gasteiger partial charge >= 0.3 is 5.69 Å². The van der Waals surface area contributed by atoms with Crippen molar-refractivity contribution in [2.24, 2.45) is 0 Å². The molecule has 0 bridgehead atoms. The van der Waals surface area contributed by atoms with E-state index in [2.05, 4.69) is 21.5 Å².